The third-order valence-corrected chi connectivity index (χ3v) is 11.7. The van der Waals surface area contributed by atoms with Crippen LogP contribution < -0.4 is 5.32 Å². The van der Waals surface area contributed by atoms with Crippen molar-refractivity contribution in [3.8, 4) is 0 Å². The number of nitrogens with one attached hydrogen (secondary N) is 1. The molecule has 0 aliphatic rings. The molecule has 0 aliphatic heterocycles. The van der Waals surface area contributed by atoms with Gasteiger partial charge in [-0.05, 0) is 51.4 Å². The Kier molecular flexibility index (Phi) is 46.6. The lowest BCUT2D eigenvalue weighted by molar-refractivity contribution is -0.143. The summed E-state index contributed by atoms with van der Waals surface area (Å²) < 4.78 is 5.44. The highest BCUT2D eigenvalue weighted by molar-refractivity contribution is 5.76. The second-order valence-electron chi connectivity index (χ2n) is 17.5. The zero-order valence-corrected chi connectivity index (χ0v) is 38.8. The average Bonchev–Trinajstić information content (AvgIpc) is 3.22. The van der Waals surface area contributed by atoms with Crippen molar-refractivity contribution in [1.82, 2.24) is 5.32 Å². The van der Waals surface area contributed by atoms with Crippen LogP contribution in [0, 0.1) is 0 Å². The Labute approximate surface area is 361 Å². The third kappa shape index (κ3) is 43.9. The molecule has 0 fully saturated rings. The molecule has 3 N–H and O–H groups in total. The number of amides is 1. The molecule has 0 heterocycles. The Balaban J connectivity index is 3.46. The number of carbonyl (C=O) groups excluding carboxylic acids is 2. The van der Waals surface area contributed by atoms with Gasteiger partial charge in [0, 0.05) is 12.8 Å². The van der Waals surface area contributed by atoms with Crippen molar-refractivity contribution in [3.63, 3.8) is 0 Å². The Hall–Kier alpha value is -1.66. The molecule has 0 aromatic heterocycles. The van der Waals surface area contributed by atoms with Gasteiger partial charge in [-0.1, -0.05) is 231 Å². The quantitative estimate of drug-likeness (QED) is 0.0323. The number of ether oxygens (including phenoxy) is 1. The Morgan fingerprint density at radius 2 is 0.897 bits per heavy atom. The molecule has 0 bridgehead atoms. The van der Waals surface area contributed by atoms with Crippen molar-refractivity contribution in [3.05, 3.63) is 24.3 Å². The summed E-state index contributed by atoms with van der Waals surface area (Å²) in [7, 11) is 0. The maximum Gasteiger partial charge on any atom is 0.305 e. The number of allylic oxidation sites excluding steroid dienone is 4. The third-order valence-electron chi connectivity index (χ3n) is 11.7. The van der Waals surface area contributed by atoms with E-state index in [0.29, 0.717) is 25.9 Å². The van der Waals surface area contributed by atoms with E-state index in [-0.39, 0.29) is 18.5 Å². The van der Waals surface area contributed by atoms with E-state index >= 15 is 0 Å². The van der Waals surface area contributed by atoms with Gasteiger partial charge in [0.15, 0.2) is 0 Å². The van der Waals surface area contributed by atoms with Crippen molar-refractivity contribution in [2.24, 2.45) is 0 Å². The van der Waals surface area contributed by atoms with Gasteiger partial charge < -0.3 is 20.3 Å². The molecule has 6 nitrogen and oxygen atoms in total. The SMILES string of the molecule is CCC/C=C\C/C=C\CCCCCCCC(=O)OCCCCCCCCCCCCCCCC(=O)NC(CO)C(O)CCCCCCCCCCCCCCCCC. The first-order valence-corrected chi connectivity index (χ1v) is 25.6. The number of aliphatic hydroxyl groups excluding tert-OH is 2. The number of hydrogen-bond acceptors (Lipinski definition) is 5. The topological polar surface area (TPSA) is 95.9 Å². The van der Waals surface area contributed by atoms with E-state index in [2.05, 4.69) is 43.5 Å². The molecular formula is C52H99NO5. The average molecular weight is 818 g/mol. The van der Waals surface area contributed by atoms with Gasteiger partial charge in [0.1, 0.15) is 0 Å². The molecule has 0 rings (SSSR count). The molecule has 58 heavy (non-hydrogen) atoms. The minimum absolute atomic E-state index is 0.0208. The van der Waals surface area contributed by atoms with E-state index < -0.39 is 12.1 Å². The first kappa shape index (κ1) is 56.3. The standard InChI is InChI=1S/C52H99NO5/c1-3-5-7-9-11-13-15-17-18-21-24-28-32-36-40-44-50(55)49(48-54)53-51(56)45-41-37-33-29-25-22-19-23-27-31-35-39-43-47-58-52(57)46-42-38-34-30-26-20-16-14-12-10-8-6-4-2/h8,10,14,16,49-50,54-55H,3-7,9,11-13,15,17-48H2,1-2H3,(H,53,56)/b10-8-,16-14-. The number of aliphatic hydroxyl groups is 2. The molecule has 0 saturated heterocycles. The fourth-order valence-corrected chi connectivity index (χ4v) is 7.79. The number of esters is 1. The molecule has 0 saturated carbocycles. The minimum Gasteiger partial charge on any atom is -0.466 e. The number of carbonyl (C=O) groups is 2. The van der Waals surface area contributed by atoms with E-state index in [1.165, 1.54) is 173 Å². The van der Waals surface area contributed by atoms with Crippen molar-refractivity contribution >= 4 is 11.9 Å². The van der Waals surface area contributed by atoms with Crippen LogP contribution in [0.3, 0.4) is 0 Å². The first-order valence-electron chi connectivity index (χ1n) is 25.6. The predicted molar refractivity (Wildman–Crippen MR) is 250 cm³/mol. The van der Waals surface area contributed by atoms with Crippen LogP contribution in [0.4, 0.5) is 0 Å². The smallest absolute Gasteiger partial charge is 0.305 e. The van der Waals surface area contributed by atoms with Crippen molar-refractivity contribution in [2.45, 2.75) is 283 Å². The fourth-order valence-electron chi connectivity index (χ4n) is 7.79. The van der Waals surface area contributed by atoms with Crippen molar-refractivity contribution in [1.29, 1.82) is 0 Å². The summed E-state index contributed by atoms with van der Waals surface area (Å²) >= 11 is 0. The highest BCUT2D eigenvalue weighted by atomic mass is 16.5. The van der Waals surface area contributed by atoms with Crippen LogP contribution in [0.25, 0.3) is 0 Å². The Morgan fingerprint density at radius 3 is 1.38 bits per heavy atom. The second kappa shape index (κ2) is 48.0. The van der Waals surface area contributed by atoms with Crippen molar-refractivity contribution < 1.29 is 24.5 Å². The molecular weight excluding hydrogens is 719 g/mol. The molecule has 2 unspecified atom stereocenters. The summed E-state index contributed by atoms with van der Waals surface area (Å²) in [4.78, 5) is 24.4. The Morgan fingerprint density at radius 1 is 0.483 bits per heavy atom. The summed E-state index contributed by atoms with van der Waals surface area (Å²) in [5.41, 5.74) is 0. The van der Waals surface area contributed by atoms with Crippen LogP contribution in [-0.2, 0) is 14.3 Å². The van der Waals surface area contributed by atoms with Gasteiger partial charge in [-0.15, -0.1) is 0 Å². The Bertz CT molecular complexity index is 904. The lowest BCUT2D eigenvalue weighted by Crippen LogP contribution is -2.45. The summed E-state index contributed by atoms with van der Waals surface area (Å²) in [6, 6.07) is -0.551. The maximum atomic E-state index is 12.4. The highest BCUT2D eigenvalue weighted by Gasteiger charge is 2.20. The number of hydrogen-bond donors (Lipinski definition) is 3. The number of unbranched alkanes of at least 4 members (excludes halogenated alkanes) is 32. The zero-order chi connectivity index (χ0) is 42.3. The molecule has 6 heteroatoms. The van der Waals surface area contributed by atoms with E-state index in [1.807, 2.05) is 0 Å². The van der Waals surface area contributed by atoms with Gasteiger partial charge in [-0.2, -0.15) is 0 Å². The highest BCUT2D eigenvalue weighted by Crippen LogP contribution is 2.16. The van der Waals surface area contributed by atoms with Crippen LogP contribution in [0.15, 0.2) is 24.3 Å². The zero-order valence-electron chi connectivity index (χ0n) is 38.8. The fraction of sp³-hybridized carbons (Fsp3) is 0.885. The van der Waals surface area contributed by atoms with Crippen LogP contribution in [0.2, 0.25) is 0 Å². The molecule has 0 spiro atoms. The molecule has 0 aromatic carbocycles. The monoisotopic (exact) mass is 818 g/mol. The molecule has 342 valence electrons. The molecule has 0 aliphatic carbocycles. The summed E-state index contributed by atoms with van der Waals surface area (Å²) in [5.74, 6) is -0.0689. The van der Waals surface area contributed by atoms with Crippen LogP contribution in [0.1, 0.15) is 271 Å². The first-order chi connectivity index (χ1) is 28.5. The normalized spacial score (nSPS) is 12.8. The van der Waals surface area contributed by atoms with Gasteiger partial charge >= 0.3 is 5.97 Å². The number of rotatable bonds is 47. The molecule has 0 aromatic rings. The van der Waals surface area contributed by atoms with E-state index in [9.17, 15) is 19.8 Å². The van der Waals surface area contributed by atoms with E-state index in [4.69, 9.17) is 4.74 Å². The largest absolute Gasteiger partial charge is 0.466 e. The summed E-state index contributed by atoms with van der Waals surface area (Å²) in [6.07, 6.45) is 55.7. The van der Waals surface area contributed by atoms with Crippen LogP contribution in [0.5, 0.6) is 0 Å². The molecule has 0 radical (unpaired) electrons. The van der Waals surface area contributed by atoms with Crippen LogP contribution in [-0.4, -0.2) is 47.4 Å². The van der Waals surface area contributed by atoms with Gasteiger partial charge in [-0.25, -0.2) is 0 Å². The lowest BCUT2D eigenvalue weighted by Gasteiger charge is -2.22. The van der Waals surface area contributed by atoms with Gasteiger partial charge in [0.05, 0.1) is 25.4 Å². The van der Waals surface area contributed by atoms with E-state index in [1.54, 1.807) is 0 Å². The van der Waals surface area contributed by atoms with Crippen LogP contribution >= 0.6 is 0 Å². The van der Waals surface area contributed by atoms with Gasteiger partial charge in [-0.3, -0.25) is 9.59 Å². The second-order valence-corrected chi connectivity index (χ2v) is 17.5. The van der Waals surface area contributed by atoms with Gasteiger partial charge in [0.25, 0.3) is 0 Å². The predicted octanol–water partition coefficient (Wildman–Crippen LogP) is 15.1. The van der Waals surface area contributed by atoms with Crippen molar-refractivity contribution in [2.75, 3.05) is 13.2 Å². The summed E-state index contributed by atoms with van der Waals surface area (Å²) in [5, 5.41) is 23.2. The minimum atomic E-state index is -0.673. The van der Waals surface area contributed by atoms with Gasteiger partial charge in [0.2, 0.25) is 5.91 Å². The summed E-state index contributed by atoms with van der Waals surface area (Å²) in [6.45, 7) is 4.86. The van der Waals surface area contributed by atoms with E-state index in [0.717, 1.165) is 64.2 Å². The molecule has 1 amide bonds. The molecule has 2 atom stereocenters. The maximum absolute atomic E-state index is 12.4. The lowest BCUT2D eigenvalue weighted by atomic mass is 10.0.